The minimum Gasteiger partial charge on any atom is -0.388 e. The van der Waals surface area contributed by atoms with Gasteiger partial charge in [-0.1, -0.05) is 30.3 Å². The van der Waals surface area contributed by atoms with Crippen LogP contribution in [0.3, 0.4) is 0 Å². The highest BCUT2D eigenvalue weighted by atomic mass is 32.2. The van der Waals surface area contributed by atoms with Crippen molar-refractivity contribution in [3.8, 4) is 11.3 Å². The van der Waals surface area contributed by atoms with Gasteiger partial charge in [0.2, 0.25) is 10.0 Å². The number of primary sulfonamides is 1. The molecule has 0 amide bonds. The molecule has 138 valence electrons. The molecule has 3 aromatic rings. The maximum atomic E-state index is 11.7. The molecule has 0 fully saturated rings. The number of aliphatic hydroxyl groups is 1. The summed E-state index contributed by atoms with van der Waals surface area (Å²) in [4.78, 5) is 4.33. The molecule has 0 saturated heterocycles. The number of aliphatic hydroxyl groups excluding tert-OH is 1. The molecule has 7 heteroatoms. The van der Waals surface area contributed by atoms with Crippen LogP contribution in [-0.2, 0) is 16.4 Å². The van der Waals surface area contributed by atoms with E-state index in [1.165, 1.54) is 17.7 Å². The highest BCUT2D eigenvalue weighted by Gasteiger charge is 2.40. The molecule has 6 nitrogen and oxygen atoms in total. The molecule has 0 radical (unpaired) electrons. The Morgan fingerprint density at radius 1 is 1.15 bits per heavy atom. The SMILES string of the molecule is NS(=O)(=O)c1ccc2c(c1)[C@H](O)[C@H](C1c3ccccc3-c3cncn31)CC2. The van der Waals surface area contributed by atoms with Gasteiger partial charge in [-0.15, -0.1) is 0 Å². The van der Waals surface area contributed by atoms with Gasteiger partial charge in [0, 0.05) is 11.5 Å². The Kier molecular flexibility index (Phi) is 3.56. The second-order valence-electron chi connectivity index (χ2n) is 7.27. The van der Waals surface area contributed by atoms with Crippen LogP contribution in [0.2, 0.25) is 0 Å². The fourth-order valence-electron chi connectivity index (χ4n) is 4.60. The maximum Gasteiger partial charge on any atom is 0.238 e. The first-order valence-electron chi connectivity index (χ1n) is 8.90. The average Bonchev–Trinajstić information content (AvgIpc) is 3.23. The van der Waals surface area contributed by atoms with E-state index < -0.39 is 16.1 Å². The van der Waals surface area contributed by atoms with Gasteiger partial charge >= 0.3 is 0 Å². The number of imidazole rings is 1. The van der Waals surface area contributed by atoms with E-state index >= 15 is 0 Å². The van der Waals surface area contributed by atoms with Crippen molar-refractivity contribution in [2.75, 3.05) is 0 Å². The van der Waals surface area contributed by atoms with Crippen molar-refractivity contribution in [3.05, 3.63) is 71.7 Å². The zero-order valence-electron chi connectivity index (χ0n) is 14.5. The molecule has 0 bridgehead atoms. The number of sulfonamides is 1. The molecule has 1 unspecified atom stereocenters. The van der Waals surface area contributed by atoms with E-state index in [0.29, 0.717) is 5.56 Å². The third-order valence-corrected chi connectivity index (χ3v) is 6.75. The molecule has 5 rings (SSSR count). The van der Waals surface area contributed by atoms with Gasteiger partial charge in [0.05, 0.1) is 35.3 Å². The first-order chi connectivity index (χ1) is 12.9. The van der Waals surface area contributed by atoms with Crippen LogP contribution in [0.1, 0.15) is 35.3 Å². The van der Waals surface area contributed by atoms with Crippen LogP contribution in [0.15, 0.2) is 59.9 Å². The lowest BCUT2D eigenvalue weighted by atomic mass is 9.76. The summed E-state index contributed by atoms with van der Waals surface area (Å²) in [5, 5.41) is 16.5. The maximum absolute atomic E-state index is 11.7. The number of aryl methyl sites for hydroxylation is 1. The second-order valence-corrected chi connectivity index (χ2v) is 8.83. The zero-order valence-corrected chi connectivity index (χ0v) is 15.3. The number of nitrogens with zero attached hydrogens (tertiary/aromatic N) is 2. The summed E-state index contributed by atoms with van der Waals surface area (Å²) in [6, 6.07) is 13.0. The Morgan fingerprint density at radius 3 is 2.78 bits per heavy atom. The van der Waals surface area contributed by atoms with E-state index in [1.807, 2.05) is 24.7 Å². The molecular formula is C20H19N3O3S. The number of hydrogen-bond acceptors (Lipinski definition) is 4. The van der Waals surface area contributed by atoms with Crippen molar-refractivity contribution in [1.82, 2.24) is 9.55 Å². The summed E-state index contributed by atoms with van der Waals surface area (Å²) in [5.41, 5.74) is 4.99. The van der Waals surface area contributed by atoms with E-state index in [-0.39, 0.29) is 16.9 Å². The number of fused-ring (bicyclic) bond motifs is 4. The van der Waals surface area contributed by atoms with Crippen molar-refractivity contribution in [1.29, 1.82) is 0 Å². The highest BCUT2D eigenvalue weighted by Crippen LogP contribution is 2.49. The number of rotatable bonds is 2. The Bertz CT molecular complexity index is 1150. The highest BCUT2D eigenvalue weighted by molar-refractivity contribution is 7.89. The monoisotopic (exact) mass is 381 g/mol. The molecule has 27 heavy (non-hydrogen) atoms. The summed E-state index contributed by atoms with van der Waals surface area (Å²) in [5.74, 6) is -0.0789. The van der Waals surface area contributed by atoms with Crippen LogP contribution in [0.5, 0.6) is 0 Å². The fourth-order valence-corrected chi connectivity index (χ4v) is 5.15. The largest absolute Gasteiger partial charge is 0.388 e. The first-order valence-corrected chi connectivity index (χ1v) is 10.4. The molecule has 3 N–H and O–H groups in total. The van der Waals surface area contributed by atoms with E-state index in [9.17, 15) is 13.5 Å². The zero-order chi connectivity index (χ0) is 18.8. The Balaban J connectivity index is 1.61. The number of benzene rings is 2. The van der Waals surface area contributed by atoms with Crippen LogP contribution in [0.25, 0.3) is 11.3 Å². The summed E-state index contributed by atoms with van der Waals surface area (Å²) in [7, 11) is -3.81. The summed E-state index contributed by atoms with van der Waals surface area (Å²) < 4.78 is 25.6. The van der Waals surface area contributed by atoms with Crippen molar-refractivity contribution in [2.45, 2.75) is 29.9 Å². The van der Waals surface area contributed by atoms with E-state index in [1.54, 1.807) is 6.07 Å². The van der Waals surface area contributed by atoms with Crippen LogP contribution < -0.4 is 5.14 Å². The predicted octanol–water partition coefficient (Wildman–Crippen LogP) is 2.40. The minimum atomic E-state index is -3.81. The summed E-state index contributed by atoms with van der Waals surface area (Å²) in [6.45, 7) is 0. The van der Waals surface area contributed by atoms with Crippen LogP contribution >= 0.6 is 0 Å². The number of nitrogens with two attached hydrogens (primary N) is 1. The summed E-state index contributed by atoms with van der Waals surface area (Å²) >= 11 is 0. The van der Waals surface area contributed by atoms with Gasteiger partial charge in [0.1, 0.15) is 0 Å². The van der Waals surface area contributed by atoms with Crippen molar-refractivity contribution < 1.29 is 13.5 Å². The Labute approximate surface area is 157 Å². The van der Waals surface area contributed by atoms with Gasteiger partial charge in [-0.3, -0.25) is 0 Å². The normalized spacial score (nSPS) is 23.6. The molecule has 2 aliphatic rings. The molecule has 2 aromatic carbocycles. The van der Waals surface area contributed by atoms with Gasteiger partial charge in [0.15, 0.2) is 0 Å². The number of hydrogen-bond donors (Lipinski definition) is 2. The fraction of sp³-hybridized carbons (Fsp3) is 0.250. The minimum absolute atomic E-state index is 0.0278. The van der Waals surface area contributed by atoms with Gasteiger partial charge in [-0.05, 0) is 41.7 Å². The van der Waals surface area contributed by atoms with Gasteiger partial charge in [-0.25, -0.2) is 18.5 Å². The molecule has 0 saturated carbocycles. The Hall–Kier alpha value is -2.48. The molecule has 2 heterocycles. The lowest BCUT2D eigenvalue weighted by molar-refractivity contribution is 0.0718. The second kappa shape index (κ2) is 5.76. The molecule has 1 aromatic heterocycles. The lowest BCUT2D eigenvalue weighted by Crippen LogP contribution is -2.29. The third kappa shape index (κ3) is 2.46. The Morgan fingerprint density at radius 2 is 1.96 bits per heavy atom. The van der Waals surface area contributed by atoms with Crippen LogP contribution in [-0.4, -0.2) is 23.1 Å². The average molecular weight is 381 g/mol. The topological polar surface area (TPSA) is 98.2 Å². The molecule has 3 atom stereocenters. The number of aromatic nitrogens is 2. The standard InChI is InChI=1S/C20H19N3O3S/c21-27(25,26)13-7-5-12-6-8-16(20(24)17(12)9-13)19-15-4-2-1-3-14(15)18-10-22-11-23(18)19/h1-5,7,9-11,16,19-20,24H,6,8H2,(H2,21,25,26)/t16-,19?,20+/m0/s1. The predicted molar refractivity (Wildman–Crippen MR) is 100 cm³/mol. The van der Waals surface area contributed by atoms with E-state index in [0.717, 1.165) is 29.7 Å². The van der Waals surface area contributed by atoms with Gasteiger partial charge in [0.25, 0.3) is 0 Å². The van der Waals surface area contributed by atoms with Crippen LogP contribution in [0, 0.1) is 5.92 Å². The van der Waals surface area contributed by atoms with E-state index in [2.05, 4.69) is 21.7 Å². The van der Waals surface area contributed by atoms with Crippen molar-refractivity contribution >= 4 is 10.0 Å². The van der Waals surface area contributed by atoms with Gasteiger partial charge < -0.3 is 9.67 Å². The molecular weight excluding hydrogens is 362 g/mol. The lowest BCUT2D eigenvalue weighted by Gasteiger charge is -2.35. The van der Waals surface area contributed by atoms with Crippen molar-refractivity contribution in [2.24, 2.45) is 11.1 Å². The van der Waals surface area contributed by atoms with Gasteiger partial charge in [-0.2, -0.15) is 0 Å². The smallest absolute Gasteiger partial charge is 0.238 e. The third-order valence-electron chi connectivity index (χ3n) is 5.84. The van der Waals surface area contributed by atoms with Crippen molar-refractivity contribution in [3.63, 3.8) is 0 Å². The van der Waals surface area contributed by atoms with Crippen LogP contribution in [0.4, 0.5) is 0 Å². The molecule has 1 aliphatic carbocycles. The molecule has 0 spiro atoms. The van der Waals surface area contributed by atoms with E-state index in [4.69, 9.17) is 5.14 Å². The first kappa shape index (κ1) is 16.7. The summed E-state index contributed by atoms with van der Waals surface area (Å²) in [6.07, 6.45) is 4.47. The molecule has 1 aliphatic heterocycles. The quantitative estimate of drug-likeness (QED) is 0.712.